The van der Waals surface area contributed by atoms with Crippen LogP contribution >= 0.6 is 11.6 Å². The Labute approximate surface area is 162 Å². The summed E-state index contributed by atoms with van der Waals surface area (Å²) in [4.78, 5) is 0. The summed E-state index contributed by atoms with van der Waals surface area (Å²) in [7, 11) is 0. The maximum Gasteiger partial charge on any atom is 0.416 e. The first-order valence-electron chi connectivity index (χ1n) is 9.92. The minimum absolute atomic E-state index is 0.194. The van der Waals surface area contributed by atoms with Crippen LogP contribution in [-0.2, 0) is 11.6 Å². The van der Waals surface area contributed by atoms with Gasteiger partial charge in [0.1, 0.15) is 0 Å². The molecule has 0 radical (unpaired) electrons. The average molecular weight is 397 g/mol. The Bertz CT molecular complexity index is 778. The molecule has 1 aromatic rings. The first-order valence-corrected chi connectivity index (χ1v) is 10.3. The van der Waals surface area contributed by atoms with Crippen LogP contribution < -0.4 is 0 Å². The fourth-order valence-corrected chi connectivity index (χ4v) is 5.28. The highest BCUT2D eigenvalue weighted by Gasteiger charge is 2.50. The number of rotatable bonds is 2. The number of nitrogens with zero attached hydrogens (tertiary/aromatic N) is 2. The number of hydrogen-bond donors (Lipinski definition) is 0. The van der Waals surface area contributed by atoms with Crippen molar-refractivity contribution in [2.45, 2.75) is 75.8 Å². The van der Waals surface area contributed by atoms with Gasteiger partial charge in [-0.2, -0.15) is 23.4 Å². The lowest BCUT2D eigenvalue weighted by atomic mass is 9.58. The molecule has 1 unspecified atom stereocenters. The maximum absolute atomic E-state index is 13.7. The highest BCUT2D eigenvalue weighted by Crippen LogP contribution is 2.53. The summed E-state index contributed by atoms with van der Waals surface area (Å²) in [6.45, 7) is 0. The van der Waals surface area contributed by atoms with Crippen LogP contribution in [0.1, 0.15) is 75.3 Å². The van der Waals surface area contributed by atoms with Gasteiger partial charge in [0.2, 0.25) is 0 Å². The van der Waals surface area contributed by atoms with Crippen LogP contribution in [0.25, 0.3) is 0 Å². The van der Waals surface area contributed by atoms with Crippen molar-refractivity contribution in [2.24, 2.45) is 16.1 Å². The third-order valence-electron chi connectivity index (χ3n) is 6.50. The molecule has 146 valence electrons. The number of alkyl halides is 3. The van der Waals surface area contributed by atoms with Gasteiger partial charge in [0.05, 0.1) is 11.3 Å². The second kappa shape index (κ2) is 7.23. The third-order valence-corrected chi connectivity index (χ3v) is 6.82. The molecule has 3 aliphatic rings. The topological polar surface area (TPSA) is 24.7 Å². The highest BCUT2D eigenvalue weighted by atomic mass is 35.5. The van der Waals surface area contributed by atoms with Crippen LogP contribution in [-0.4, -0.2) is 11.4 Å². The summed E-state index contributed by atoms with van der Waals surface area (Å²) in [5.41, 5.74) is 0.837. The molecule has 0 bridgehead atoms. The van der Waals surface area contributed by atoms with Gasteiger partial charge in [-0.3, -0.25) is 0 Å². The van der Waals surface area contributed by atoms with Crippen molar-refractivity contribution in [1.29, 1.82) is 0 Å². The molecule has 0 spiro atoms. The molecule has 4 rings (SSSR count). The van der Waals surface area contributed by atoms with E-state index < -0.39 is 17.2 Å². The van der Waals surface area contributed by atoms with Gasteiger partial charge in [0.25, 0.3) is 0 Å². The van der Waals surface area contributed by atoms with E-state index in [-0.39, 0.29) is 10.6 Å². The zero-order chi connectivity index (χ0) is 19.1. The first-order chi connectivity index (χ1) is 12.9. The zero-order valence-corrected chi connectivity index (χ0v) is 16.0. The number of hydrogen-bond acceptors (Lipinski definition) is 2. The first kappa shape index (κ1) is 19.0. The van der Waals surface area contributed by atoms with Gasteiger partial charge in [-0.25, -0.2) is 0 Å². The van der Waals surface area contributed by atoms with Crippen molar-refractivity contribution in [3.05, 3.63) is 34.3 Å². The quantitative estimate of drug-likeness (QED) is 0.516. The van der Waals surface area contributed by atoms with E-state index in [4.69, 9.17) is 11.6 Å². The molecule has 2 fully saturated rings. The molecule has 0 amide bonds. The molecule has 1 aliphatic heterocycles. The van der Waals surface area contributed by atoms with Gasteiger partial charge in [-0.1, -0.05) is 43.4 Å². The second-order valence-electron chi connectivity index (χ2n) is 8.09. The fraction of sp³-hybridized carbons (Fsp3) is 0.619. The Morgan fingerprint density at radius 2 is 1.78 bits per heavy atom. The Morgan fingerprint density at radius 1 is 1.00 bits per heavy atom. The SMILES string of the molecule is FC(F)(F)c1cccc(Cl)c1C1(C2=NN=C3CCCCCCC3C2)CCC1. The second-order valence-corrected chi connectivity index (χ2v) is 8.49. The molecule has 1 aromatic carbocycles. The van der Waals surface area contributed by atoms with Crippen molar-refractivity contribution >= 4 is 23.0 Å². The summed E-state index contributed by atoms with van der Waals surface area (Å²) in [6, 6.07) is 4.10. The number of benzene rings is 1. The van der Waals surface area contributed by atoms with E-state index in [9.17, 15) is 13.2 Å². The van der Waals surface area contributed by atoms with E-state index in [1.165, 1.54) is 18.9 Å². The van der Waals surface area contributed by atoms with Crippen LogP contribution in [0.5, 0.6) is 0 Å². The van der Waals surface area contributed by atoms with Gasteiger partial charge >= 0.3 is 6.18 Å². The molecular formula is C21H24ClF3N2. The predicted octanol–water partition coefficient (Wildman–Crippen LogP) is 6.95. The lowest BCUT2D eigenvalue weighted by Gasteiger charge is -2.46. The molecule has 6 heteroatoms. The van der Waals surface area contributed by atoms with E-state index in [0.29, 0.717) is 18.8 Å². The highest BCUT2D eigenvalue weighted by molar-refractivity contribution is 6.32. The molecule has 27 heavy (non-hydrogen) atoms. The minimum atomic E-state index is -4.42. The monoisotopic (exact) mass is 396 g/mol. The Balaban J connectivity index is 1.76. The van der Waals surface area contributed by atoms with Crippen molar-refractivity contribution in [3.63, 3.8) is 0 Å². The number of fused-ring (bicyclic) bond motifs is 1. The minimum Gasteiger partial charge on any atom is -0.166 e. The van der Waals surface area contributed by atoms with Crippen molar-refractivity contribution in [2.75, 3.05) is 0 Å². The zero-order valence-electron chi connectivity index (χ0n) is 15.3. The Kier molecular flexibility index (Phi) is 5.08. The van der Waals surface area contributed by atoms with Crippen LogP contribution in [0.3, 0.4) is 0 Å². The van der Waals surface area contributed by atoms with Crippen molar-refractivity contribution in [3.8, 4) is 0 Å². The Hall–Kier alpha value is -1.36. The van der Waals surface area contributed by atoms with E-state index >= 15 is 0 Å². The van der Waals surface area contributed by atoms with Gasteiger partial charge in [0, 0.05) is 22.1 Å². The standard InChI is InChI=1S/C21H24ClF3N2/c22-16-9-5-8-15(21(23,24)25)19(16)20(11-6-12-20)18-13-14-7-3-1-2-4-10-17(14)26-27-18/h5,8-9,14H,1-4,6-7,10-13H2. The van der Waals surface area contributed by atoms with E-state index in [2.05, 4.69) is 10.2 Å². The molecule has 1 atom stereocenters. The van der Waals surface area contributed by atoms with Gasteiger partial charge < -0.3 is 0 Å². The third kappa shape index (κ3) is 3.43. The van der Waals surface area contributed by atoms with Crippen molar-refractivity contribution < 1.29 is 13.2 Å². The van der Waals surface area contributed by atoms with Gasteiger partial charge in [0.15, 0.2) is 0 Å². The average Bonchev–Trinajstić information content (AvgIpc) is 2.55. The summed E-state index contributed by atoms with van der Waals surface area (Å²) >= 11 is 6.35. The van der Waals surface area contributed by atoms with E-state index in [1.807, 2.05) is 0 Å². The maximum atomic E-state index is 13.7. The largest absolute Gasteiger partial charge is 0.416 e. The molecule has 0 saturated heterocycles. The van der Waals surface area contributed by atoms with Crippen LogP contribution in [0, 0.1) is 5.92 Å². The molecule has 2 nitrogen and oxygen atoms in total. The number of halogens is 4. The normalized spacial score (nSPS) is 25.4. The van der Waals surface area contributed by atoms with E-state index in [0.717, 1.165) is 56.0 Å². The smallest absolute Gasteiger partial charge is 0.166 e. The van der Waals surface area contributed by atoms with Crippen LogP contribution in [0.15, 0.2) is 28.4 Å². The molecule has 0 aromatic heterocycles. The van der Waals surface area contributed by atoms with E-state index in [1.54, 1.807) is 6.07 Å². The summed E-state index contributed by atoms with van der Waals surface area (Å²) in [6.07, 6.45) is 5.28. The lowest BCUT2D eigenvalue weighted by Crippen LogP contribution is -2.46. The lowest BCUT2D eigenvalue weighted by molar-refractivity contribution is -0.138. The van der Waals surface area contributed by atoms with Crippen molar-refractivity contribution in [1.82, 2.24) is 0 Å². The van der Waals surface area contributed by atoms with Gasteiger partial charge in [-0.15, -0.1) is 0 Å². The molecule has 2 aliphatic carbocycles. The molecular weight excluding hydrogens is 373 g/mol. The molecule has 0 N–H and O–H groups in total. The Morgan fingerprint density at radius 3 is 2.48 bits per heavy atom. The summed E-state index contributed by atoms with van der Waals surface area (Å²) < 4.78 is 41.2. The molecule has 2 saturated carbocycles. The molecule has 1 heterocycles. The predicted molar refractivity (Wildman–Crippen MR) is 103 cm³/mol. The summed E-state index contributed by atoms with van der Waals surface area (Å²) in [5.74, 6) is 0.326. The summed E-state index contributed by atoms with van der Waals surface area (Å²) in [5, 5.41) is 9.20. The van der Waals surface area contributed by atoms with Crippen LogP contribution in [0.2, 0.25) is 5.02 Å². The van der Waals surface area contributed by atoms with Gasteiger partial charge in [-0.05, 0) is 56.2 Å². The van der Waals surface area contributed by atoms with Crippen LogP contribution in [0.4, 0.5) is 13.2 Å². The fourth-order valence-electron chi connectivity index (χ4n) is 4.92.